The summed E-state index contributed by atoms with van der Waals surface area (Å²) in [6.07, 6.45) is 2.25. The van der Waals surface area contributed by atoms with E-state index in [0.717, 1.165) is 13.0 Å². The number of phenols is 3. The van der Waals surface area contributed by atoms with Gasteiger partial charge in [0, 0.05) is 12.1 Å². The second-order valence-corrected chi connectivity index (χ2v) is 4.65. The summed E-state index contributed by atoms with van der Waals surface area (Å²) < 4.78 is 0. The molecule has 0 aliphatic carbocycles. The first-order chi connectivity index (χ1) is 8.02. The molecule has 0 saturated heterocycles. The Kier molecular flexibility index (Phi) is 5.10. The Labute approximate surface area is 102 Å². The third kappa shape index (κ3) is 4.15. The van der Waals surface area contributed by atoms with Crippen LogP contribution in [-0.2, 0) is 6.54 Å². The summed E-state index contributed by atoms with van der Waals surface area (Å²) in [6.45, 7) is 5.73. The number of nitrogens with one attached hydrogen (secondary N) is 1. The number of rotatable bonds is 6. The summed E-state index contributed by atoms with van der Waals surface area (Å²) in [7, 11) is 0. The van der Waals surface area contributed by atoms with Crippen molar-refractivity contribution in [1.29, 1.82) is 0 Å². The van der Waals surface area contributed by atoms with E-state index in [4.69, 9.17) is 5.11 Å². The van der Waals surface area contributed by atoms with E-state index in [0.29, 0.717) is 18.0 Å². The maximum atomic E-state index is 9.57. The van der Waals surface area contributed by atoms with E-state index in [2.05, 4.69) is 19.2 Å². The van der Waals surface area contributed by atoms with Crippen molar-refractivity contribution in [3.63, 3.8) is 0 Å². The number of hydrogen-bond acceptors (Lipinski definition) is 4. The summed E-state index contributed by atoms with van der Waals surface area (Å²) in [5.74, 6) is -0.304. The van der Waals surface area contributed by atoms with E-state index in [1.54, 1.807) is 6.07 Å². The predicted molar refractivity (Wildman–Crippen MR) is 67.2 cm³/mol. The van der Waals surface area contributed by atoms with Crippen molar-refractivity contribution in [2.75, 3.05) is 6.54 Å². The normalized spacial score (nSPS) is 11.0. The lowest BCUT2D eigenvalue weighted by atomic mass is 10.1. The van der Waals surface area contributed by atoms with E-state index in [9.17, 15) is 10.2 Å². The highest BCUT2D eigenvalue weighted by molar-refractivity contribution is 5.52. The number of aromatic hydroxyl groups is 3. The Morgan fingerprint density at radius 2 is 1.82 bits per heavy atom. The fraction of sp³-hybridized carbons (Fsp3) is 0.538. The molecule has 0 bridgehead atoms. The van der Waals surface area contributed by atoms with Crippen molar-refractivity contribution in [2.24, 2.45) is 5.92 Å². The van der Waals surface area contributed by atoms with Crippen molar-refractivity contribution < 1.29 is 15.3 Å². The van der Waals surface area contributed by atoms with Gasteiger partial charge in [-0.25, -0.2) is 0 Å². The van der Waals surface area contributed by atoms with Crippen molar-refractivity contribution in [3.05, 3.63) is 17.7 Å². The molecule has 0 aliphatic heterocycles. The molecule has 4 N–H and O–H groups in total. The molecule has 0 amide bonds. The Bertz CT molecular complexity index is 364. The number of hydrogen-bond donors (Lipinski definition) is 4. The van der Waals surface area contributed by atoms with Crippen LogP contribution >= 0.6 is 0 Å². The molecular weight excluding hydrogens is 218 g/mol. The van der Waals surface area contributed by atoms with E-state index in [-0.39, 0.29) is 11.5 Å². The van der Waals surface area contributed by atoms with Crippen LogP contribution in [0.4, 0.5) is 0 Å². The zero-order chi connectivity index (χ0) is 12.8. The van der Waals surface area contributed by atoms with Gasteiger partial charge in [-0.1, -0.05) is 19.9 Å². The lowest BCUT2D eigenvalue weighted by Crippen LogP contribution is -2.15. The monoisotopic (exact) mass is 239 g/mol. The van der Waals surface area contributed by atoms with E-state index < -0.39 is 5.75 Å². The topological polar surface area (TPSA) is 72.7 Å². The van der Waals surface area contributed by atoms with Gasteiger partial charge in [-0.2, -0.15) is 0 Å². The summed E-state index contributed by atoms with van der Waals surface area (Å²) >= 11 is 0. The quantitative estimate of drug-likeness (QED) is 0.454. The minimum absolute atomic E-state index is 0.249. The standard InChI is InChI=1S/C13H21NO3/c1-9(2)4-3-7-14-8-10-5-6-11(15)13(17)12(10)16/h5-6,9,14-17H,3-4,7-8H2,1-2H3. The highest BCUT2D eigenvalue weighted by atomic mass is 16.3. The maximum absolute atomic E-state index is 9.57. The van der Waals surface area contributed by atoms with Gasteiger partial charge in [-0.05, 0) is 31.4 Å². The van der Waals surface area contributed by atoms with Crippen molar-refractivity contribution >= 4 is 0 Å². The molecule has 0 unspecified atom stereocenters. The third-order valence-electron chi connectivity index (χ3n) is 2.66. The molecule has 4 heteroatoms. The lowest BCUT2D eigenvalue weighted by molar-refractivity contribution is 0.364. The molecule has 0 radical (unpaired) electrons. The first kappa shape index (κ1) is 13.6. The molecule has 0 spiro atoms. The number of phenolic OH excluding ortho intramolecular Hbond substituents is 3. The molecule has 1 rings (SSSR count). The second-order valence-electron chi connectivity index (χ2n) is 4.65. The summed E-state index contributed by atoms with van der Waals surface area (Å²) in [4.78, 5) is 0. The van der Waals surface area contributed by atoms with Gasteiger partial charge in [-0.3, -0.25) is 0 Å². The summed E-state index contributed by atoms with van der Waals surface area (Å²) in [6, 6.07) is 2.97. The predicted octanol–water partition coefficient (Wildman–Crippen LogP) is 2.33. The molecule has 0 heterocycles. The minimum Gasteiger partial charge on any atom is -0.504 e. The van der Waals surface area contributed by atoms with Crippen LogP contribution in [0.2, 0.25) is 0 Å². The molecular formula is C13H21NO3. The molecule has 17 heavy (non-hydrogen) atoms. The maximum Gasteiger partial charge on any atom is 0.200 e. The van der Waals surface area contributed by atoms with Crippen molar-refractivity contribution in [2.45, 2.75) is 33.2 Å². The molecule has 4 nitrogen and oxygen atoms in total. The minimum atomic E-state index is -0.452. The third-order valence-corrected chi connectivity index (χ3v) is 2.66. The van der Waals surface area contributed by atoms with Gasteiger partial charge in [0.1, 0.15) is 0 Å². The fourth-order valence-electron chi connectivity index (χ4n) is 1.61. The average Bonchev–Trinajstić information content (AvgIpc) is 2.28. The van der Waals surface area contributed by atoms with Crippen LogP contribution in [-0.4, -0.2) is 21.9 Å². The van der Waals surface area contributed by atoms with E-state index in [1.807, 2.05) is 0 Å². The van der Waals surface area contributed by atoms with Gasteiger partial charge in [0.2, 0.25) is 5.75 Å². The molecule has 96 valence electrons. The van der Waals surface area contributed by atoms with Crippen LogP contribution < -0.4 is 5.32 Å². The zero-order valence-corrected chi connectivity index (χ0v) is 10.4. The Morgan fingerprint density at radius 3 is 2.47 bits per heavy atom. The Hall–Kier alpha value is -1.42. The van der Waals surface area contributed by atoms with Gasteiger partial charge in [0.25, 0.3) is 0 Å². The van der Waals surface area contributed by atoms with Crippen LogP contribution in [0.1, 0.15) is 32.3 Å². The molecule has 1 aromatic rings. The molecule has 0 aliphatic rings. The van der Waals surface area contributed by atoms with Crippen LogP contribution in [0.15, 0.2) is 12.1 Å². The number of benzene rings is 1. The van der Waals surface area contributed by atoms with Crippen LogP contribution in [0.5, 0.6) is 17.2 Å². The van der Waals surface area contributed by atoms with Crippen LogP contribution in [0.3, 0.4) is 0 Å². The van der Waals surface area contributed by atoms with Crippen LogP contribution in [0.25, 0.3) is 0 Å². The van der Waals surface area contributed by atoms with Gasteiger partial charge < -0.3 is 20.6 Å². The summed E-state index contributed by atoms with van der Waals surface area (Å²) in [5.41, 5.74) is 0.588. The first-order valence-electron chi connectivity index (χ1n) is 5.96. The Balaban J connectivity index is 2.40. The van der Waals surface area contributed by atoms with Crippen LogP contribution in [0, 0.1) is 5.92 Å². The second kappa shape index (κ2) is 6.35. The lowest BCUT2D eigenvalue weighted by Gasteiger charge is -2.09. The van der Waals surface area contributed by atoms with Gasteiger partial charge >= 0.3 is 0 Å². The van der Waals surface area contributed by atoms with Crippen molar-refractivity contribution in [1.82, 2.24) is 5.32 Å². The van der Waals surface area contributed by atoms with Gasteiger partial charge in [0.15, 0.2) is 11.5 Å². The molecule has 0 saturated carbocycles. The van der Waals surface area contributed by atoms with Crippen molar-refractivity contribution in [3.8, 4) is 17.2 Å². The molecule has 0 fully saturated rings. The smallest absolute Gasteiger partial charge is 0.200 e. The highest BCUT2D eigenvalue weighted by Gasteiger charge is 2.10. The molecule has 1 aromatic carbocycles. The zero-order valence-electron chi connectivity index (χ0n) is 10.4. The molecule has 0 atom stereocenters. The van der Waals surface area contributed by atoms with Gasteiger partial charge in [0.05, 0.1) is 0 Å². The fourth-order valence-corrected chi connectivity index (χ4v) is 1.61. The highest BCUT2D eigenvalue weighted by Crippen LogP contribution is 2.36. The SMILES string of the molecule is CC(C)CCCNCc1ccc(O)c(O)c1O. The van der Waals surface area contributed by atoms with Gasteiger partial charge in [-0.15, -0.1) is 0 Å². The first-order valence-corrected chi connectivity index (χ1v) is 5.96. The Morgan fingerprint density at radius 1 is 1.12 bits per heavy atom. The summed E-state index contributed by atoms with van der Waals surface area (Å²) in [5, 5.41) is 31.3. The average molecular weight is 239 g/mol. The molecule has 0 aromatic heterocycles. The van der Waals surface area contributed by atoms with E-state index >= 15 is 0 Å². The largest absolute Gasteiger partial charge is 0.504 e. The van der Waals surface area contributed by atoms with E-state index in [1.165, 1.54) is 12.5 Å².